The van der Waals surface area contributed by atoms with Crippen molar-refractivity contribution in [2.24, 2.45) is 28.6 Å². The van der Waals surface area contributed by atoms with Gasteiger partial charge in [0.25, 0.3) is 0 Å². The molecule has 2 heterocycles. The molecule has 0 aromatic carbocycles. The second-order valence-corrected chi connectivity index (χ2v) is 12.6. The Labute approximate surface area is 226 Å². The number of carbonyl (C=O) groups is 1. The quantitative estimate of drug-likeness (QED) is 0.331. The van der Waals surface area contributed by atoms with E-state index in [0.717, 1.165) is 19.3 Å². The highest BCUT2D eigenvalue weighted by molar-refractivity contribution is 5.75. The fourth-order valence-corrected chi connectivity index (χ4v) is 4.15. The van der Waals surface area contributed by atoms with Crippen molar-refractivity contribution < 1.29 is 45.6 Å². The number of aliphatic hydroxyl groups excluding tert-OH is 4. The Balaban J connectivity index is 0. The summed E-state index contributed by atoms with van der Waals surface area (Å²) in [6.07, 6.45) is 2.55. The Kier molecular flexibility index (Phi) is 16.2. The predicted molar refractivity (Wildman–Crippen MR) is 144 cm³/mol. The lowest BCUT2D eigenvalue weighted by atomic mass is 9.88. The van der Waals surface area contributed by atoms with Crippen molar-refractivity contribution in [3.63, 3.8) is 0 Å². The van der Waals surface area contributed by atoms with Gasteiger partial charge in [-0.25, -0.2) is 0 Å². The first-order chi connectivity index (χ1) is 17.0. The molecular weight excluding hydrogens is 480 g/mol. The molecule has 0 aliphatic carbocycles. The van der Waals surface area contributed by atoms with Crippen LogP contribution in [0.25, 0.3) is 0 Å². The highest BCUT2D eigenvalue weighted by Crippen LogP contribution is 2.39. The lowest BCUT2D eigenvalue weighted by Crippen LogP contribution is -2.58. The molecule has 2 aliphatic heterocycles. The van der Waals surface area contributed by atoms with Crippen molar-refractivity contribution in [2.45, 2.75) is 93.2 Å². The van der Waals surface area contributed by atoms with Crippen molar-refractivity contribution >= 4 is 5.78 Å². The molecule has 0 radical (unpaired) electrons. The summed E-state index contributed by atoms with van der Waals surface area (Å²) in [4.78, 5) is 10.3. The van der Waals surface area contributed by atoms with E-state index >= 15 is 0 Å². The number of carbonyl (C=O) groups excluding carboxylic acids is 1. The van der Waals surface area contributed by atoms with Crippen molar-refractivity contribution in [3.8, 4) is 0 Å². The largest absolute Gasteiger partial charge is 1.00 e. The molecule has 222 valence electrons. The van der Waals surface area contributed by atoms with Gasteiger partial charge in [0.05, 0.1) is 63.7 Å². The smallest absolute Gasteiger partial charge is 0.396 e. The highest BCUT2D eigenvalue weighted by Gasteiger charge is 2.48. The first kappa shape index (κ1) is 36.4. The maximum absolute atomic E-state index is 10.3. The van der Waals surface area contributed by atoms with Gasteiger partial charge in [-0.3, -0.25) is 0 Å². The van der Waals surface area contributed by atoms with Crippen LogP contribution in [0.5, 0.6) is 0 Å². The van der Waals surface area contributed by atoms with E-state index in [1.165, 1.54) is 0 Å². The molecule has 2 fully saturated rings. The molecule has 0 unspecified atom stereocenters. The number of ether oxygens (including phenoxy) is 4. The van der Waals surface area contributed by atoms with Crippen LogP contribution in [0.1, 0.15) is 83.0 Å². The molecule has 2 aliphatic rings. The molecule has 9 heteroatoms. The van der Waals surface area contributed by atoms with E-state index in [9.17, 15) is 4.79 Å². The first-order valence-electron chi connectivity index (χ1n) is 13.5. The number of rotatable bonds is 10. The van der Waals surface area contributed by atoms with Gasteiger partial charge in [-0.05, 0) is 38.5 Å². The lowest BCUT2D eigenvalue weighted by molar-refractivity contribution is -0.364. The summed E-state index contributed by atoms with van der Waals surface area (Å²) in [5.74, 6) is 0.998. The summed E-state index contributed by atoms with van der Waals surface area (Å²) in [5.41, 5.74) is -1.26. The average Bonchev–Trinajstić information content (AvgIpc) is 2.79. The van der Waals surface area contributed by atoms with Crippen LogP contribution in [0.15, 0.2) is 0 Å². The van der Waals surface area contributed by atoms with E-state index in [2.05, 4.69) is 27.7 Å². The standard InChI is InChI=1S/C17H32O4.C6H12O.C5H12O4/c1-13(2)7-15(5)18-9-17(10-19-15)11-20-16(6,21-12-17)8-14(3)4;1-5(2)4-6(3)7;6-1-5(2-7,3-8)4-9/h13-14H,7-12H2,1-6H3;5H,4H2,1-3H3;6-9H,1-4H2/p+1. The van der Waals surface area contributed by atoms with Crippen LogP contribution in [0, 0.1) is 28.6 Å². The summed E-state index contributed by atoms with van der Waals surface area (Å²) in [5, 5.41) is 34.0. The first-order valence-corrected chi connectivity index (χ1v) is 13.5. The molecule has 0 aromatic rings. The number of hydrogen-bond acceptors (Lipinski definition) is 9. The van der Waals surface area contributed by atoms with Crippen LogP contribution < -0.4 is 0 Å². The third kappa shape index (κ3) is 13.8. The van der Waals surface area contributed by atoms with Crippen LogP contribution in [-0.4, -0.2) is 90.6 Å². The zero-order valence-electron chi connectivity index (χ0n) is 25.8. The molecule has 37 heavy (non-hydrogen) atoms. The van der Waals surface area contributed by atoms with Gasteiger partial charge in [0.1, 0.15) is 5.78 Å². The number of Topliss-reactive ketones (excluding diaryl/α,β-unsaturated/α-hetero) is 1. The topological polar surface area (TPSA) is 135 Å². The molecule has 9 nitrogen and oxygen atoms in total. The van der Waals surface area contributed by atoms with Gasteiger partial charge in [0, 0.05) is 19.3 Å². The number of ketones is 1. The molecule has 0 amide bonds. The summed E-state index contributed by atoms with van der Waals surface area (Å²) in [7, 11) is 0. The predicted octanol–water partition coefficient (Wildman–Crippen LogP) is 3.27. The highest BCUT2D eigenvalue weighted by atomic mass is 16.7. The maximum atomic E-state index is 10.3. The van der Waals surface area contributed by atoms with Crippen LogP contribution in [0.4, 0.5) is 0 Å². The van der Waals surface area contributed by atoms with Gasteiger partial charge in [0.15, 0.2) is 11.6 Å². The zero-order chi connectivity index (χ0) is 28.9. The molecule has 0 bridgehead atoms. The molecule has 0 aromatic heterocycles. The summed E-state index contributed by atoms with van der Waals surface area (Å²) in [6.45, 7) is 19.5. The van der Waals surface area contributed by atoms with Crippen molar-refractivity contribution in [3.05, 3.63) is 0 Å². The normalized spacial score (nSPS) is 28.1. The van der Waals surface area contributed by atoms with E-state index in [1.807, 2.05) is 27.7 Å². The summed E-state index contributed by atoms with van der Waals surface area (Å²) >= 11 is 0. The van der Waals surface area contributed by atoms with Crippen LogP contribution in [0.2, 0.25) is 0 Å². The summed E-state index contributed by atoms with van der Waals surface area (Å²) in [6, 6.07) is 0. The van der Waals surface area contributed by atoms with Crippen LogP contribution in [0.3, 0.4) is 0 Å². The average molecular weight is 538 g/mol. The molecule has 0 saturated carbocycles. The Bertz CT molecular complexity index is 565. The number of aliphatic hydroxyl groups is 4. The monoisotopic (exact) mass is 537 g/mol. The van der Waals surface area contributed by atoms with E-state index < -0.39 is 43.4 Å². The van der Waals surface area contributed by atoms with Gasteiger partial charge in [-0.15, -0.1) is 0 Å². The van der Waals surface area contributed by atoms with Gasteiger partial charge in [-0.1, -0.05) is 41.5 Å². The van der Waals surface area contributed by atoms with Crippen molar-refractivity contribution in [1.29, 1.82) is 0 Å². The fourth-order valence-electron chi connectivity index (χ4n) is 4.15. The summed E-state index contributed by atoms with van der Waals surface area (Å²) < 4.78 is 24.1. The van der Waals surface area contributed by atoms with E-state index in [1.54, 1.807) is 6.92 Å². The molecular formula is C28H57O9+. The molecule has 4 N–H and O–H groups in total. The fraction of sp³-hybridized carbons (Fsp3) is 0.964. The van der Waals surface area contributed by atoms with Gasteiger partial charge >= 0.3 is 1.43 Å². The molecule has 1 spiro atoms. The van der Waals surface area contributed by atoms with Gasteiger partial charge < -0.3 is 44.2 Å². The van der Waals surface area contributed by atoms with Gasteiger partial charge in [-0.2, -0.15) is 0 Å². The van der Waals surface area contributed by atoms with Gasteiger partial charge in [0.2, 0.25) is 0 Å². The van der Waals surface area contributed by atoms with Crippen LogP contribution in [-0.2, 0) is 23.7 Å². The van der Waals surface area contributed by atoms with E-state index in [4.69, 9.17) is 39.4 Å². The Morgan fingerprint density at radius 1 is 0.703 bits per heavy atom. The Hall–Kier alpha value is -0.650. The minimum Gasteiger partial charge on any atom is -0.396 e. The molecule has 2 saturated heterocycles. The zero-order valence-corrected chi connectivity index (χ0v) is 24.8. The lowest BCUT2D eigenvalue weighted by Gasteiger charge is -2.50. The number of hydrogen-bond donors (Lipinski definition) is 4. The minimum atomic E-state index is -1.11. The third-order valence-electron chi connectivity index (χ3n) is 6.33. The van der Waals surface area contributed by atoms with Crippen LogP contribution >= 0.6 is 0 Å². The maximum Gasteiger partial charge on any atom is 1.00 e. The third-order valence-corrected chi connectivity index (χ3v) is 6.33. The SMILES string of the molecule is CC(=O)CC(C)C.CC(C)CC1(C)OCC2(CO1)COC(C)(CC(C)C)OC2.OCC(CO)(CO)CO.[H+]. The Morgan fingerprint density at radius 2 is 1.00 bits per heavy atom. The molecule has 2 rings (SSSR count). The minimum absolute atomic E-state index is 0. The van der Waals surface area contributed by atoms with Crippen molar-refractivity contribution in [1.82, 2.24) is 0 Å². The van der Waals surface area contributed by atoms with E-state index in [-0.39, 0.29) is 12.6 Å². The second-order valence-electron chi connectivity index (χ2n) is 12.6. The second kappa shape index (κ2) is 16.5. The molecule has 0 atom stereocenters. The van der Waals surface area contributed by atoms with E-state index in [0.29, 0.717) is 44.2 Å². The van der Waals surface area contributed by atoms with Crippen molar-refractivity contribution in [2.75, 3.05) is 52.9 Å². The Morgan fingerprint density at radius 3 is 1.14 bits per heavy atom.